The molecule has 2 aliphatic rings. The molecular formula is C22H32FN4O8P. The van der Waals surface area contributed by atoms with Crippen molar-refractivity contribution in [2.24, 2.45) is 0 Å². The van der Waals surface area contributed by atoms with Crippen LogP contribution in [-0.4, -0.2) is 56.8 Å². The van der Waals surface area contributed by atoms with E-state index in [1.807, 2.05) is 0 Å². The van der Waals surface area contributed by atoms with Crippen molar-refractivity contribution in [3.05, 3.63) is 46.7 Å². The third-order valence-corrected chi connectivity index (χ3v) is 7.31. The van der Waals surface area contributed by atoms with Gasteiger partial charge in [0.15, 0.2) is 11.9 Å². The van der Waals surface area contributed by atoms with Crippen molar-refractivity contribution >= 4 is 19.5 Å². The average Bonchev–Trinajstić information content (AvgIpc) is 3.16. The number of nitrogens with one attached hydrogen (secondary N) is 1. The topological polar surface area (TPSA) is 164 Å². The first kappa shape index (κ1) is 28.0. The van der Waals surface area contributed by atoms with Crippen molar-refractivity contribution in [3.63, 3.8) is 0 Å². The van der Waals surface area contributed by atoms with Crippen LogP contribution in [0.2, 0.25) is 0 Å². The number of cyclic esters (lactones) is 1. The standard InChI is InChI=1S/C22H32FN4O8P/c1-6-8-13(7-2)35-36(31,26-14-11-21(3,4)34-18(14)29)32-12-15-17(28)22(5,23)19(33-15)27-10-9-16(24)25-20(27)30/h6-10,14-15,17,19,28H,11-12H2,1-5H3,(H,26,31)(H2,24,25,30)/b8-6-,13-7+/t14?,15-,17-,19-,22-,36?/m1/s1. The van der Waals surface area contributed by atoms with Crippen LogP contribution in [0.25, 0.3) is 0 Å². The minimum Gasteiger partial charge on any atom is -0.458 e. The quantitative estimate of drug-likeness (QED) is 0.185. The molecule has 2 aliphatic heterocycles. The van der Waals surface area contributed by atoms with Gasteiger partial charge in [-0.2, -0.15) is 10.1 Å². The molecule has 0 spiro atoms. The van der Waals surface area contributed by atoms with Crippen LogP contribution in [0.4, 0.5) is 10.2 Å². The molecule has 3 rings (SSSR count). The molecule has 4 N–H and O–H groups in total. The maximum atomic E-state index is 15.5. The van der Waals surface area contributed by atoms with Gasteiger partial charge < -0.3 is 24.8 Å². The van der Waals surface area contributed by atoms with E-state index in [4.69, 9.17) is 24.3 Å². The molecule has 3 heterocycles. The minimum atomic E-state index is -4.27. The van der Waals surface area contributed by atoms with Crippen molar-refractivity contribution in [3.8, 4) is 0 Å². The van der Waals surface area contributed by atoms with Crippen LogP contribution in [0.5, 0.6) is 0 Å². The van der Waals surface area contributed by atoms with Crippen molar-refractivity contribution in [1.82, 2.24) is 14.6 Å². The number of ether oxygens (including phenoxy) is 2. The van der Waals surface area contributed by atoms with E-state index in [1.54, 1.807) is 33.8 Å². The number of carbonyl (C=O) groups is 1. The molecule has 0 bridgehead atoms. The molecule has 0 aromatic carbocycles. The number of nitrogens with two attached hydrogens (primary N) is 1. The van der Waals surface area contributed by atoms with Gasteiger partial charge >= 0.3 is 19.4 Å². The maximum Gasteiger partial charge on any atom is 0.459 e. The zero-order chi connectivity index (χ0) is 26.9. The van der Waals surface area contributed by atoms with Gasteiger partial charge in [0.1, 0.15) is 35.4 Å². The van der Waals surface area contributed by atoms with E-state index in [9.17, 15) is 19.3 Å². The summed E-state index contributed by atoms with van der Waals surface area (Å²) in [5.41, 5.74) is 1.38. The highest BCUT2D eigenvalue weighted by atomic mass is 31.2. The van der Waals surface area contributed by atoms with Crippen molar-refractivity contribution in [2.45, 2.75) is 76.8 Å². The summed E-state index contributed by atoms with van der Waals surface area (Å²) in [5.74, 6) is -0.516. The predicted molar refractivity (Wildman–Crippen MR) is 127 cm³/mol. The zero-order valence-corrected chi connectivity index (χ0v) is 21.6. The molecule has 2 saturated heterocycles. The lowest BCUT2D eigenvalue weighted by molar-refractivity contribution is -0.147. The van der Waals surface area contributed by atoms with Crippen LogP contribution in [0, 0.1) is 0 Å². The van der Waals surface area contributed by atoms with Crippen LogP contribution >= 0.6 is 7.75 Å². The van der Waals surface area contributed by atoms with Gasteiger partial charge in [-0.1, -0.05) is 6.08 Å². The number of nitrogens with zero attached hydrogens (tertiary/aromatic N) is 2. The number of allylic oxidation sites excluding steroid dienone is 3. The Morgan fingerprint density at radius 1 is 1.42 bits per heavy atom. The molecule has 1 aromatic rings. The number of halogens is 1. The summed E-state index contributed by atoms with van der Waals surface area (Å²) < 4.78 is 52.0. The third kappa shape index (κ3) is 6.04. The van der Waals surface area contributed by atoms with Gasteiger partial charge in [-0.05, 0) is 52.8 Å². The number of rotatable bonds is 9. The molecule has 0 amide bonds. The molecule has 0 aliphatic carbocycles. The second kappa shape index (κ2) is 10.4. The van der Waals surface area contributed by atoms with E-state index in [0.29, 0.717) is 0 Å². The van der Waals surface area contributed by atoms with Crippen molar-refractivity contribution < 1.29 is 37.4 Å². The lowest BCUT2D eigenvalue weighted by Crippen LogP contribution is -2.43. The Morgan fingerprint density at radius 3 is 2.67 bits per heavy atom. The summed E-state index contributed by atoms with van der Waals surface area (Å²) in [7, 11) is -4.27. The van der Waals surface area contributed by atoms with E-state index in [0.717, 1.165) is 11.5 Å². The largest absolute Gasteiger partial charge is 0.459 e. The molecule has 1 aromatic heterocycles. The number of hydrogen-bond acceptors (Lipinski definition) is 10. The Kier molecular flexibility index (Phi) is 8.11. The molecule has 12 nitrogen and oxygen atoms in total. The molecule has 36 heavy (non-hydrogen) atoms. The second-order valence-corrected chi connectivity index (χ2v) is 11.0. The van der Waals surface area contributed by atoms with Crippen LogP contribution in [-0.2, 0) is 27.9 Å². The van der Waals surface area contributed by atoms with Gasteiger partial charge in [0.05, 0.1) is 6.61 Å². The second-order valence-electron chi connectivity index (χ2n) is 9.31. The lowest BCUT2D eigenvalue weighted by Gasteiger charge is -2.25. The van der Waals surface area contributed by atoms with Gasteiger partial charge in [-0.25, -0.2) is 13.8 Å². The van der Waals surface area contributed by atoms with E-state index >= 15 is 4.39 Å². The number of anilines is 1. The minimum absolute atomic E-state index is 0.0612. The number of alkyl halides is 1. The monoisotopic (exact) mass is 530 g/mol. The van der Waals surface area contributed by atoms with Gasteiger partial charge in [-0.3, -0.25) is 13.9 Å². The SMILES string of the molecule is C/C=C\C(=C/C)OP(=O)(NC1CC(C)(C)OC1=O)OC[C@H]1O[C@@H](n2ccc(N)nc2=O)[C@](C)(F)[C@@H]1O. The number of nitrogen functional groups attached to an aromatic ring is 1. The van der Waals surface area contributed by atoms with Crippen LogP contribution in [0.15, 0.2) is 41.0 Å². The molecule has 2 fully saturated rings. The van der Waals surface area contributed by atoms with Gasteiger partial charge in [-0.15, -0.1) is 0 Å². The maximum absolute atomic E-state index is 15.5. The van der Waals surface area contributed by atoms with E-state index in [1.165, 1.54) is 24.4 Å². The highest BCUT2D eigenvalue weighted by Gasteiger charge is 2.56. The van der Waals surface area contributed by atoms with E-state index < -0.39 is 61.8 Å². The lowest BCUT2D eigenvalue weighted by atomic mass is 9.98. The Bertz CT molecular complexity index is 1150. The highest BCUT2D eigenvalue weighted by molar-refractivity contribution is 7.51. The fourth-order valence-corrected chi connectivity index (χ4v) is 5.49. The Labute approximate surface area is 207 Å². The summed E-state index contributed by atoms with van der Waals surface area (Å²) >= 11 is 0. The summed E-state index contributed by atoms with van der Waals surface area (Å²) in [4.78, 5) is 28.1. The van der Waals surface area contributed by atoms with E-state index in [-0.39, 0.29) is 18.0 Å². The number of aliphatic hydroxyl groups is 1. The summed E-state index contributed by atoms with van der Waals surface area (Å²) in [5, 5.41) is 13.2. The van der Waals surface area contributed by atoms with Gasteiger partial charge in [0.2, 0.25) is 0 Å². The molecule has 0 radical (unpaired) electrons. The zero-order valence-electron chi connectivity index (χ0n) is 20.7. The van der Waals surface area contributed by atoms with E-state index in [2.05, 4.69) is 10.1 Å². The molecule has 6 atom stereocenters. The van der Waals surface area contributed by atoms with Gasteiger partial charge in [0.25, 0.3) is 0 Å². The fraction of sp³-hybridized carbons (Fsp3) is 0.591. The highest BCUT2D eigenvalue weighted by Crippen LogP contribution is 2.50. The summed E-state index contributed by atoms with van der Waals surface area (Å²) in [6, 6.07) is 0.285. The molecule has 14 heteroatoms. The first-order chi connectivity index (χ1) is 16.7. The summed E-state index contributed by atoms with van der Waals surface area (Å²) in [6.45, 7) is 7.23. The van der Waals surface area contributed by atoms with Crippen molar-refractivity contribution in [1.29, 1.82) is 0 Å². The molecule has 200 valence electrons. The number of esters is 1. The first-order valence-electron chi connectivity index (χ1n) is 11.3. The average molecular weight is 530 g/mol. The Morgan fingerprint density at radius 2 is 2.11 bits per heavy atom. The number of carbonyl (C=O) groups excluding carboxylic acids is 1. The smallest absolute Gasteiger partial charge is 0.458 e. The first-order valence-corrected chi connectivity index (χ1v) is 12.9. The van der Waals surface area contributed by atoms with Crippen LogP contribution < -0.4 is 16.5 Å². The van der Waals surface area contributed by atoms with Gasteiger partial charge in [0, 0.05) is 12.6 Å². The fourth-order valence-electron chi connectivity index (χ4n) is 3.95. The molecule has 2 unspecified atom stereocenters. The van der Waals surface area contributed by atoms with Crippen molar-refractivity contribution in [2.75, 3.05) is 12.3 Å². The molecule has 0 saturated carbocycles. The van der Waals surface area contributed by atoms with Crippen LogP contribution in [0.3, 0.4) is 0 Å². The Hall–Kier alpha value is -2.57. The predicted octanol–water partition coefficient (Wildman–Crippen LogP) is 2.12. The van der Waals surface area contributed by atoms with Crippen LogP contribution in [0.1, 0.15) is 47.3 Å². The third-order valence-electron chi connectivity index (χ3n) is 5.74. The summed E-state index contributed by atoms with van der Waals surface area (Å²) in [6.07, 6.45) is 1.42. The molecular weight excluding hydrogens is 498 g/mol. The number of hydrogen-bond donors (Lipinski definition) is 3. The number of aliphatic hydroxyl groups excluding tert-OH is 1. The normalized spacial score (nSPS) is 32.0. The number of aromatic nitrogens is 2. The Balaban J connectivity index is 1.82.